The summed E-state index contributed by atoms with van der Waals surface area (Å²) >= 11 is 0. The Kier molecular flexibility index (Phi) is 5.35. The van der Waals surface area contributed by atoms with Crippen molar-refractivity contribution in [2.75, 3.05) is 0 Å². The summed E-state index contributed by atoms with van der Waals surface area (Å²) in [5, 5.41) is 0. The van der Waals surface area contributed by atoms with Crippen LogP contribution in [0.1, 0.15) is 26.7 Å². The average Bonchev–Trinajstić information content (AvgIpc) is 1.87. The van der Waals surface area contributed by atoms with Crippen LogP contribution in [-0.4, -0.2) is 12.2 Å². The Morgan fingerprint density at radius 3 is 1.73 bits per heavy atom. The molecule has 0 amide bonds. The fourth-order valence-corrected chi connectivity index (χ4v) is 0.825. The first kappa shape index (κ1) is 10.1. The van der Waals surface area contributed by atoms with Gasteiger partial charge in [0.2, 0.25) is 0 Å². The van der Waals surface area contributed by atoms with E-state index in [-0.39, 0.29) is 12.2 Å². The Hall–Kier alpha value is -0.920. The van der Waals surface area contributed by atoms with Crippen molar-refractivity contribution in [1.29, 1.82) is 0 Å². The third-order valence-corrected chi connectivity index (χ3v) is 1.28. The molecule has 0 bridgehead atoms. The summed E-state index contributed by atoms with van der Waals surface area (Å²) in [4.78, 5) is 0. The number of hydrogen-bond donors (Lipinski definition) is 0. The van der Waals surface area contributed by atoms with Crippen molar-refractivity contribution < 1.29 is 4.74 Å². The first-order valence-corrected chi connectivity index (χ1v) is 3.73. The molecule has 0 radical (unpaired) electrons. The van der Waals surface area contributed by atoms with Gasteiger partial charge in [0.25, 0.3) is 0 Å². The zero-order valence-corrected chi connectivity index (χ0v) is 7.13. The molecule has 0 saturated heterocycles. The van der Waals surface area contributed by atoms with Crippen molar-refractivity contribution >= 4 is 0 Å². The van der Waals surface area contributed by atoms with Gasteiger partial charge in [0.15, 0.2) is 0 Å². The molecule has 0 heterocycles. The van der Waals surface area contributed by atoms with E-state index < -0.39 is 0 Å². The fourth-order valence-electron chi connectivity index (χ4n) is 0.825. The first-order chi connectivity index (χ1) is 5.20. The van der Waals surface area contributed by atoms with Gasteiger partial charge in [0.05, 0.1) is 12.2 Å². The van der Waals surface area contributed by atoms with Crippen LogP contribution < -0.4 is 0 Å². The molecule has 0 N–H and O–H groups in total. The molecule has 2 atom stereocenters. The standard InChI is InChI=1S/C10H14O/c1-5-7-9(3)11-10(4)8-6-2/h1-2,9-10H,7-8H2,3-4H3. The van der Waals surface area contributed by atoms with E-state index in [1.165, 1.54) is 0 Å². The lowest BCUT2D eigenvalue weighted by Gasteiger charge is -2.14. The van der Waals surface area contributed by atoms with Crippen molar-refractivity contribution in [1.82, 2.24) is 0 Å². The number of ether oxygens (including phenoxy) is 1. The molecule has 0 aromatic heterocycles. The van der Waals surface area contributed by atoms with Crippen molar-refractivity contribution in [2.24, 2.45) is 0 Å². The smallest absolute Gasteiger partial charge is 0.0660 e. The molecule has 1 heteroatoms. The van der Waals surface area contributed by atoms with Crippen LogP contribution in [0.4, 0.5) is 0 Å². The van der Waals surface area contributed by atoms with E-state index in [9.17, 15) is 0 Å². The van der Waals surface area contributed by atoms with Gasteiger partial charge in [-0.3, -0.25) is 0 Å². The molecule has 0 saturated carbocycles. The maximum absolute atomic E-state index is 5.45. The lowest BCUT2D eigenvalue weighted by atomic mass is 10.2. The third kappa shape index (κ3) is 5.52. The maximum Gasteiger partial charge on any atom is 0.0660 e. The second-order valence-electron chi connectivity index (χ2n) is 2.57. The summed E-state index contributed by atoms with van der Waals surface area (Å²) in [7, 11) is 0. The topological polar surface area (TPSA) is 9.23 Å². The summed E-state index contributed by atoms with van der Waals surface area (Å²) < 4.78 is 5.45. The lowest BCUT2D eigenvalue weighted by molar-refractivity contribution is 0.0146. The van der Waals surface area contributed by atoms with Gasteiger partial charge in [-0.2, -0.15) is 0 Å². The van der Waals surface area contributed by atoms with Gasteiger partial charge in [-0.15, -0.1) is 24.7 Å². The highest BCUT2D eigenvalue weighted by molar-refractivity contribution is 4.88. The zero-order valence-electron chi connectivity index (χ0n) is 7.13. The van der Waals surface area contributed by atoms with Crippen molar-refractivity contribution in [3.8, 4) is 24.7 Å². The Bertz CT molecular complexity index is 150. The number of terminal acetylenes is 2. The summed E-state index contributed by atoms with van der Waals surface area (Å²) in [5.41, 5.74) is 0. The van der Waals surface area contributed by atoms with E-state index in [1.807, 2.05) is 13.8 Å². The van der Waals surface area contributed by atoms with Crippen LogP contribution in [0.5, 0.6) is 0 Å². The largest absolute Gasteiger partial charge is 0.374 e. The molecular weight excluding hydrogens is 136 g/mol. The van der Waals surface area contributed by atoms with Gasteiger partial charge < -0.3 is 4.74 Å². The van der Waals surface area contributed by atoms with Crippen LogP contribution in [0.2, 0.25) is 0 Å². The molecule has 0 spiro atoms. The van der Waals surface area contributed by atoms with E-state index in [2.05, 4.69) is 11.8 Å². The second-order valence-corrected chi connectivity index (χ2v) is 2.57. The minimum Gasteiger partial charge on any atom is -0.374 e. The van der Waals surface area contributed by atoms with E-state index >= 15 is 0 Å². The van der Waals surface area contributed by atoms with Gasteiger partial charge in [0, 0.05) is 12.8 Å². The summed E-state index contributed by atoms with van der Waals surface area (Å²) in [6, 6.07) is 0. The maximum atomic E-state index is 5.45. The molecular formula is C10H14O. The molecule has 0 aliphatic rings. The minimum atomic E-state index is 0.114. The van der Waals surface area contributed by atoms with E-state index in [0.29, 0.717) is 12.8 Å². The van der Waals surface area contributed by atoms with Crippen molar-refractivity contribution in [2.45, 2.75) is 38.9 Å². The molecule has 0 aromatic carbocycles. The van der Waals surface area contributed by atoms with E-state index in [1.54, 1.807) is 0 Å². The molecule has 0 fully saturated rings. The zero-order chi connectivity index (χ0) is 8.69. The fraction of sp³-hybridized carbons (Fsp3) is 0.600. The lowest BCUT2D eigenvalue weighted by Crippen LogP contribution is -2.15. The Morgan fingerprint density at radius 1 is 1.09 bits per heavy atom. The van der Waals surface area contributed by atoms with Gasteiger partial charge in [-0.25, -0.2) is 0 Å². The van der Waals surface area contributed by atoms with E-state index in [0.717, 1.165) is 0 Å². The number of hydrogen-bond acceptors (Lipinski definition) is 1. The minimum absolute atomic E-state index is 0.114. The summed E-state index contributed by atoms with van der Waals surface area (Å²) in [6.45, 7) is 3.90. The Labute approximate surface area is 69.1 Å². The molecule has 1 nitrogen and oxygen atoms in total. The van der Waals surface area contributed by atoms with Crippen LogP contribution in [0.25, 0.3) is 0 Å². The highest BCUT2D eigenvalue weighted by Crippen LogP contribution is 2.03. The van der Waals surface area contributed by atoms with Crippen LogP contribution in [-0.2, 0) is 4.74 Å². The molecule has 60 valence electrons. The number of rotatable bonds is 4. The summed E-state index contributed by atoms with van der Waals surface area (Å²) in [5.74, 6) is 5.08. The Morgan fingerprint density at radius 2 is 1.45 bits per heavy atom. The summed E-state index contributed by atoms with van der Waals surface area (Å²) in [6.07, 6.45) is 11.7. The van der Waals surface area contributed by atoms with Gasteiger partial charge in [0.1, 0.15) is 0 Å². The van der Waals surface area contributed by atoms with Crippen LogP contribution in [0, 0.1) is 24.7 Å². The van der Waals surface area contributed by atoms with Gasteiger partial charge in [-0.05, 0) is 13.8 Å². The Balaban J connectivity index is 3.51. The monoisotopic (exact) mass is 150 g/mol. The SMILES string of the molecule is C#CCC(C)OC(C)CC#C. The average molecular weight is 150 g/mol. The molecule has 0 aromatic rings. The molecule has 0 rings (SSSR count). The third-order valence-electron chi connectivity index (χ3n) is 1.28. The quantitative estimate of drug-likeness (QED) is 0.555. The van der Waals surface area contributed by atoms with Crippen molar-refractivity contribution in [3.63, 3.8) is 0 Å². The molecule has 0 aliphatic heterocycles. The highest BCUT2D eigenvalue weighted by Gasteiger charge is 2.05. The predicted molar refractivity (Wildman–Crippen MR) is 46.9 cm³/mol. The normalized spacial score (nSPS) is 14.5. The van der Waals surface area contributed by atoms with Crippen LogP contribution in [0.15, 0.2) is 0 Å². The first-order valence-electron chi connectivity index (χ1n) is 3.73. The molecule has 11 heavy (non-hydrogen) atoms. The van der Waals surface area contributed by atoms with Gasteiger partial charge in [-0.1, -0.05) is 0 Å². The molecule has 0 aliphatic carbocycles. The highest BCUT2D eigenvalue weighted by atomic mass is 16.5. The second kappa shape index (κ2) is 5.83. The van der Waals surface area contributed by atoms with Crippen molar-refractivity contribution in [3.05, 3.63) is 0 Å². The molecule has 2 unspecified atom stereocenters. The van der Waals surface area contributed by atoms with E-state index in [4.69, 9.17) is 17.6 Å². The predicted octanol–water partition coefficient (Wildman–Crippen LogP) is 1.83. The van der Waals surface area contributed by atoms with Gasteiger partial charge >= 0.3 is 0 Å². The van der Waals surface area contributed by atoms with Crippen LogP contribution >= 0.6 is 0 Å². The van der Waals surface area contributed by atoms with Crippen LogP contribution in [0.3, 0.4) is 0 Å².